The van der Waals surface area contributed by atoms with E-state index in [-0.39, 0.29) is 5.91 Å². The molecular formula is C13H23N3O3. The minimum atomic E-state index is -0.333. The van der Waals surface area contributed by atoms with E-state index in [4.69, 9.17) is 15.0 Å². The van der Waals surface area contributed by atoms with E-state index in [1.54, 1.807) is 20.1 Å². The maximum absolute atomic E-state index is 11.5. The largest absolute Gasteiger partial charge is 0.464 e. The van der Waals surface area contributed by atoms with Gasteiger partial charge in [0.2, 0.25) is 0 Å². The van der Waals surface area contributed by atoms with E-state index in [2.05, 4.69) is 24.2 Å². The molecule has 0 aliphatic carbocycles. The number of nitrogens with one attached hydrogen (secondary N) is 1. The second-order valence-corrected chi connectivity index (χ2v) is 4.71. The third-order valence-corrected chi connectivity index (χ3v) is 3.02. The fraction of sp³-hybridized carbons (Fsp3) is 0.615. The lowest BCUT2D eigenvalue weighted by molar-refractivity contribution is 0.0952. The summed E-state index contributed by atoms with van der Waals surface area (Å²) >= 11 is 0. The smallest absolute Gasteiger partial charge is 0.268 e. The summed E-state index contributed by atoms with van der Waals surface area (Å²) in [6.45, 7) is 8.08. The van der Waals surface area contributed by atoms with Crippen LogP contribution in [0.2, 0.25) is 0 Å². The standard InChI is InChI=1S/C13H23N3O3/c1-9(2)16(5-6-18-4)8-11-7-12(10(3)19-11)13(17)15-14/h7,9H,5-6,8,14H2,1-4H3,(H,15,17). The van der Waals surface area contributed by atoms with Gasteiger partial charge >= 0.3 is 0 Å². The van der Waals surface area contributed by atoms with Crippen LogP contribution in [-0.2, 0) is 11.3 Å². The van der Waals surface area contributed by atoms with E-state index in [9.17, 15) is 4.79 Å². The first-order valence-electron chi connectivity index (χ1n) is 6.32. The van der Waals surface area contributed by atoms with Crippen LogP contribution in [-0.4, -0.2) is 37.1 Å². The van der Waals surface area contributed by atoms with Crippen LogP contribution >= 0.6 is 0 Å². The molecule has 0 saturated carbocycles. The summed E-state index contributed by atoms with van der Waals surface area (Å²) in [6.07, 6.45) is 0. The van der Waals surface area contributed by atoms with Crippen LogP contribution in [0.5, 0.6) is 0 Å². The van der Waals surface area contributed by atoms with Crippen molar-refractivity contribution in [3.8, 4) is 0 Å². The summed E-state index contributed by atoms with van der Waals surface area (Å²) in [5.41, 5.74) is 2.59. The Hall–Kier alpha value is -1.37. The predicted molar refractivity (Wildman–Crippen MR) is 72.5 cm³/mol. The summed E-state index contributed by atoms with van der Waals surface area (Å²) in [5.74, 6) is 6.12. The zero-order valence-electron chi connectivity index (χ0n) is 12.0. The summed E-state index contributed by atoms with van der Waals surface area (Å²) in [6, 6.07) is 2.10. The highest BCUT2D eigenvalue weighted by molar-refractivity contribution is 5.94. The lowest BCUT2D eigenvalue weighted by atomic mass is 10.2. The molecule has 0 aliphatic rings. The van der Waals surface area contributed by atoms with Crippen LogP contribution in [0.1, 0.15) is 35.7 Å². The second kappa shape index (κ2) is 7.28. The van der Waals surface area contributed by atoms with E-state index >= 15 is 0 Å². The van der Waals surface area contributed by atoms with Crippen LogP contribution in [0.25, 0.3) is 0 Å². The van der Waals surface area contributed by atoms with Crippen molar-refractivity contribution in [2.75, 3.05) is 20.3 Å². The van der Waals surface area contributed by atoms with Crippen molar-refractivity contribution >= 4 is 5.91 Å². The minimum Gasteiger partial charge on any atom is -0.464 e. The number of carbonyl (C=O) groups is 1. The molecule has 19 heavy (non-hydrogen) atoms. The molecule has 0 aliphatic heterocycles. The lowest BCUT2D eigenvalue weighted by Gasteiger charge is -2.24. The molecule has 0 radical (unpaired) electrons. The number of nitrogen functional groups attached to an aromatic ring is 1. The third kappa shape index (κ3) is 4.34. The number of rotatable bonds is 7. The zero-order chi connectivity index (χ0) is 14.4. The van der Waals surface area contributed by atoms with Gasteiger partial charge in [0.15, 0.2) is 0 Å². The quantitative estimate of drug-likeness (QED) is 0.439. The first kappa shape index (κ1) is 15.7. The van der Waals surface area contributed by atoms with E-state index in [1.165, 1.54) is 0 Å². The van der Waals surface area contributed by atoms with Gasteiger partial charge in [-0.05, 0) is 26.8 Å². The predicted octanol–water partition coefficient (Wildman–Crippen LogP) is 1.05. The molecule has 0 atom stereocenters. The Labute approximate surface area is 113 Å². The van der Waals surface area contributed by atoms with Crippen LogP contribution in [0.15, 0.2) is 10.5 Å². The fourth-order valence-electron chi connectivity index (χ4n) is 1.85. The number of hydrogen-bond acceptors (Lipinski definition) is 5. The fourth-order valence-corrected chi connectivity index (χ4v) is 1.85. The monoisotopic (exact) mass is 269 g/mol. The minimum absolute atomic E-state index is 0.333. The van der Waals surface area contributed by atoms with Gasteiger partial charge in [-0.25, -0.2) is 5.84 Å². The average molecular weight is 269 g/mol. The Morgan fingerprint density at radius 1 is 1.58 bits per heavy atom. The van der Waals surface area contributed by atoms with Crippen molar-refractivity contribution in [1.82, 2.24) is 10.3 Å². The number of methoxy groups -OCH3 is 1. The Morgan fingerprint density at radius 2 is 2.26 bits per heavy atom. The summed E-state index contributed by atoms with van der Waals surface area (Å²) in [7, 11) is 1.68. The van der Waals surface area contributed by atoms with Gasteiger partial charge in [-0.1, -0.05) is 0 Å². The molecule has 0 bridgehead atoms. The maximum Gasteiger partial charge on any atom is 0.268 e. The topological polar surface area (TPSA) is 80.7 Å². The Morgan fingerprint density at radius 3 is 2.79 bits per heavy atom. The molecular weight excluding hydrogens is 246 g/mol. The number of furan rings is 1. The zero-order valence-corrected chi connectivity index (χ0v) is 12.0. The summed E-state index contributed by atoms with van der Waals surface area (Å²) in [5, 5.41) is 0. The molecule has 1 aromatic heterocycles. The van der Waals surface area contributed by atoms with E-state index in [1.807, 2.05) is 0 Å². The molecule has 0 saturated heterocycles. The lowest BCUT2D eigenvalue weighted by Crippen LogP contribution is -2.33. The maximum atomic E-state index is 11.5. The van der Waals surface area contributed by atoms with Crippen LogP contribution < -0.4 is 11.3 Å². The van der Waals surface area contributed by atoms with Gasteiger partial charge in [-0.3, -0.25) is 15.1 Å². The van der Waals surface area contributed by atoms with Crippen LogP contribution in [0.4, 0.5) is 0 Å². The van der Waals surface area contributed by atoms with Gasteiger partial charge < -0.3 is 9.15 Å². The van der Waals surface area contributed by atoms with Gasteiger partial charge in [-0.15, -0.1) is 0 Å². The molecule has 1 aromatic rings. The first-order valence-corrected chi connectivity index (χ1v) is 6.32. The van der Waals surface area contributed by atoms with E-state index in [0.29, 0.717) is 30.5 Å². The van der Waals surface area contributed by atoms with E-state index in [0.717, 1.165) is 12.3 Å². The summed E-state index contributed by atoms with van der Waals surface area (Å²) in [4.78, 5) is 13.7. The second-order valence-electron chi connectivity index (χ2n) is 4.71. The number of carbonyl (C=O) groups excluding carboxylic acids is 1. The number of nitrogens with zero attached hydrogens (tertiary/aromatic N) is 1. The van der Waals surface area contributed by atoms with Crippen molar-refractivity contribution in [1.29, 1.82) is 0 Å². The molecule has 1 heterocycles. The highest BCUT2D eigenvalue weighted by Gasteiger charge is 2.17. The Bertz CT molecular complexity index is 415. The molecule has 1 amide bonds. The number of nitrogens with two attached hydrogens (primary N) is 1. The van der Waals surface area contributed by atoms with Crippen molar-refractivity contribution in [3.63, 3.8) is 0 Å². The number of amides is 1. The highest BCUT2D eigenvalue weighted by Crippen LogP contribution is 2.17. The van der Waals surface area contributed by atoms with Gasteiger partial charge in [0, 0.05) is 19.7 Å². The van der Waals surface area contributed by atoms with E-state index < -0.39 is 0 Å². The molecule has 0 aromatic carbocycles. The number of aryl methyl sites for hydroxylation is 1. The highest BCUT2D eigenvalue weighted by atomic mass is 16.5. The van der Waals surface area contributed by atoms with Crippen molar-refractivity contribution < 1.29 is 13.9 Å². The molecule has 0 fully saturated rings. The molecule has 108 valence electrons. The third-order valence-electron chi connectivity index (χ3n) is 3.02. The SMILES string of the molecule is COCCN(Cc1cc(C(=O)NN)c(C)o1)C(C)C. The molecule has 6 nitrogen and oxygen atoms in total. The normalized spacial score (nSPS) is 11.3. The van der Waals surface area contributed by atoms with Crippen LogP contribution in [0, 0.1) is 6.92 Å². The van der Waals surface area contributed by atoms with Crippen LogP contribution in [0.3, 0.4) is 0 Å². The Kier molecular flexibility index (Phi) is 6.01. The number of ether oxygens (including phenoxy) is 1. The van der Waals surface area contributed by atoms with Gasteiger partial charge in [0.1, 0.15) is 11.5 Å². The molecule has 1 rings (SSSR count). The average Bonchev–Trinajstić information content (AvgIpc) is 2.74. The van der Waals surface area contributed by atoms with Gasteiger partial charge in [-0.2, -0.15) is 0 Å². The first-order chi connectivity index (χ1) is 8.99. The van der Waals surface area contributed by atoms with Gasteiger partial charge in [0.25, 0.3) is 5.91 Å². The number of hydrogen-bond donors (Lipinski definition) is 2. The summed E-state index contributed by atoms with van der Waals surface area (Å²) < 4.78 is 10.7. The molecule has 0 unspecified atom stereocenters. The number of hydrazine groups is 1. The van der Waals surface area contributed by atoms with Crippen molar-refractivity contribution in [2.45, 2.75) is 33.4 Å². The van der Waals surface area contributed by atoms with Crippen molar-refractivity contribution in [2.24, 2.45) is 5.84 Å². The molecule has 0 spiro atoms. The van der Waals surface area contributed by atoms with Gasteiger partial charge in [0.05, 0.1) is 18.7 Å². The molecule has 6 heteroatoms. The Balaban J connectivity index is 2.77. The van der Waals surface area contributed by atoms with Crippen molar-refractivity contribution in [3.05, 3.63) is 23.2 Å². The molecule has 3 N–H and O–H groups in total.